The van der Waals surface area contributed by atoms with Gasteiger partial charge in [0, 0.05) is 28.7 Å². The predicted octanol–water partition coefficient (Wildman–Crippen LogP) is 2.91. The van der Waals surface area contributed by atoms with Gasteiger partial charge in [0.1, 0.15) is 12.5 Å². The zero-order valence-electron chi connectivity index (χ0n) is 15.8. The number of fused-ring (bicyclic) bond motifs is 4. The summed E-state index contributed by atoms with van der Waals surface area (Å²) in [6.45, 7) is 8.68. The van der Waals surface area contributed by atoms with Gasteiger partial charge in [0.05, 0.1) is 18.8 Å². The third kappa shape index (κ3) is 1.34. The van der Waals surface area contributed by atoms with Crippen LogP contribution in [-0.2, 0) is 9.47 Å². The molecule has 5 aliphatic carbocycles. The van der Waals surface area contributed by atoms with E-state index in [-0.39, 0.29) is 40.9 Å². The van der Waals surface area contributed by atoms with E-state index in [2.05, 4.69) is 18.4 Å². The Labute approximate surface area is 155 Å². The SMILES string of the molecule is C=C1C[C@]23CC[C@H]1C[C@H]2[C@]12CCC[C@]4(C)[C@H]1[C@H](O)[C@H]3O[C@H]2N1CCO[C@@H]14. The van der Waals surface area contributed by atoms with Crippen molar-refractivity contribution in [1.29, 1.82) is 0 Å². The molecule has 7 bridgehead atoms. The molecule has 4 heteroatoms. The maximum Gasteiger partial charge on any atom is 0.119 e. The van der Waals surface area contributed by atoms with Gasteiger partial charge in [-0.2, -0.15) is 0 Å². The van der Waals surface area contributed by atoms with Crippen molar-refractivity contribution >= 4 is 0 Å². The quantitative estimate of drug-likeness (QED) is 0.677. The summed E-state index contributed by atoms with van der Waals surface area (Å²) >= 11 is 0. The fraction of sp³-hybridized carbons (Fsp3) is 0.909. The average Bonchev–Trinajstić information content (AvgIpc) is 3.11. The van der Waals surface area contributed by atoms with Crippen molar-refractivity contribution in [3.8, 4) is 0 Å². The molecule has 0 radical (unpaired) electrons. The number of piperidine rings is 1. The van der Waals surface area contributed by atoms with E-state index in [0.717, 1.165) is 19.6 Å². The summed E-state index contributed by atoms with van der Waals surface area (Å²) in [6.07, 6.45) is 8.57. The van der Waals surface area contributed by atoms with Crippen LogP contribution in [0.2, 0.25) is 0 Å². The highest BCUT2D eigenvalue weighted by molar-refractivity contribution is 5.31. The highest BCUT2D eigenvalue weighted by Crippen LogP contribution is 2.79. The van der Waals surface area contributed by atoms with Crippen molar-refractivity contribution in [2.75, 3.05) is 13.2 Å². The van der Waals surface area contributed by atoms with Crippen molar-refractivity contribution in [3.05, 3.63) is 12.2 Å². The van der Waals surface area contributed by atoms with Crippen molar-refractivity contribution in [1.82, 2.24) is 4.90 Å². The molecule has 5 saturated carbocycles. The van der Waals surface area contributed by atoms with Crippen molar-refractivity contribution < 1.29 is 14.6 Å². The van der Waals surface area contributed by atoms with E-state index in [1.807, 2.05) is 0 Å². The van der Waals surface area contributed by atoms with Gasteiger partial charge in [-0.1, -0.05) is 25.5 Å². The molecule has 0 aromatic heterocycles. The van der Waals surface area contributed by atoms with E-state index >= 15 is 0 Å². The van der Waals surface area contributed by atoms with Crippen LogP contribution in [0.15, 0.2) is 12.2 Å². The first kappa shape index (κ1) is 15.5. The lowest BCUT2D eigenvalue weighted by Crippen LogP contribution is -2.85. The Hall–Kier alpha value is -0.420. The number of nitrogens with zero attached hydrogens (tertiary/aromatic N) is 1. The Morgan fingerprint density at radius 2 is 2.12 bits per heavy atom. The summed E-state index contributed by atoms with van der Waals surface area (Å²) in [5.41, 5.74) is 1.80. The van der Waals surface area contributed by atoms with Crippen molar-refractivity contribution in [2.24, 2.45) is 34.0 Å². The molecular weight excluding hydrogens is 326 g/mol. The number of hydrogen-bond donors (Lipinski definition) is 1. The molecule has 0 aromatic carbocycles. The second-order valence-corrected chi connectivity index (χ2v) is 10.9. The van der Waals surface area contributed by atoms with Crippen LogP contribution >= 0.6 is 0 Å². The molecule has 26 heavy (non-hydrogen) atoms. The van der Waals surface area contributed by atoms with Crippen LogP contribution in [0.25, 0.3) is 0 Å². The number of rotatable bonds is 0. The number of aliphatic hydroxyl groups excluding tert-OH is 1. The van der Waals surface area contributed by atoms with E-state index in [0.29, 0.717) is 17.8 Å². The summed E-state index contributed by atoms with van der Waals surface area (Å²) in [5.74, 6) is 1.76. The minimum absolute atomic E-state index is 0.00125. The third-order valence-corrected chi connectivity index (χ3v) is 10.3. The van der Waals surface area contributed by atoms with Crippen LogP contribution in [0.1, 0.15) is 51.9 Å². The van der Waals surface area contributed by atoms with Gasteiger partial charge in [-0.25, -0.2) is 4.90 Å². The molecular formula is C22H31NO3. The minimum Gasteiger partial charge on any atom is -0.390 e. The van der Waals surface area contributed by atoms with Crippen LogP contribution in [0, 0.1) is 34.0 Å². The lowest BCUT2D eigenvalue weighted by Gasteiger charge is -2.80. The minimum atomic E-state index is -0.332. The molecule has 10 atom stereocenters. The molecule has 4 nitrogen and oxygen atoms in total. The second-order valence-electron chi connectivity index (χ2n) is 10.9. The Kier molecular flexibility index (Phi) is 2.64. The van der Waals surface area contributed by atoms with E-state index in [4.69, 9.17) is 9.47 Å². The molecule has 4 saturated heterocycles. The van der Waals surface area contributed by atoms with Gasteiger partial charge >= 0.3 is 0 Å². The van der Waals surface area contributed by atoms with Gasteiger partial charge in [0.15, 0.2) is 0 Å². The monoisotopic (exact) mass is 357 g/mol. The first-order valence-corrected chi connectivity index (χ1v) is 10.9. The smallest absolute Gasteiger partial charge is 0.119 e. The van der Waals surface area contributed by atoms with Crippen LogP contribution in [0.4, 0.5) is 0 Å². The number of aliphatic hydroxyl groups is 1. The fourth-order valence-electron chi connectivity index (χ4n) is 9.80. The van der Waals surface area contributed by atoms with Crippen molar-refractivity contribution in [2.45, 2.75) is 76.5 Å². The molecule has 4 aliphatic heterocycles. The van der Waals surface area contributed by atoms with Crippen molar-refractivity contribution in [3.63, 3.8) is 0 Å². The summed E-state index contributed by atoms with van der Waals surface area (Å²) in [4.78, 5) is 2.57. The first-order valence-electron chi connectivity index (χ1n) is 10.9. The average molecular weight is 357 g/mol. The molecule has 0 amide bonds. The molecule has 9 rings (SSSR count). The lowest BCUT2D eigenvalue weighted by atomic mass is 9.32. The maximum absolute atomic E-state index is 11.7. The van der Waals surface area contributed by atoms with Gasteiger partial charge in [-0.15, -0.1) is 0 Å². The Morgan fingerprint density at radius 1 is 1.23 bits per heavy atom. The molecule has 2 spiro atoms. The van der Waals surface area contributed by atoms with Gasteiger partial charge in [0.2, 0.25) is 0 Å². The van der Waals surface area contributed by atoms with E-state index in [9.17, 15) is 5.11 Å². The number of hydrogen-bond acceptors (Lipinski definition) is 4. The molecule has 0 unspecified atom stereocenters. The van der Waals surface area contributed by atoms with Gasteiger partial charge in [-0.3, -0.25) is 0 Å². The molecule has 4 heterocycles. The highest BCUT2D eigenvalue weighted by atomic mass is 16.6. The highest BCUT2D eigenvalue weighted by Gasteiger charge is 2.81. The number of ether oxygens (including phenoxy) is 2. The van der Waals surface area contributed by atoms with Crippen LogP contribution in [0.3, 0.4) is 0 Å². The summed E-state index contributed by atoms with van der Waals surface area (Å²) in [5, 5.41) is 11.7. The van der Waals surface area contributed by atoms with E-state index in [1.165, 1.54) is 44.1 Å². The third-order valence-electron chi connectivity index (χ3n) is 10.3. The van der Waals surface area contributed by atoms with Crippen LogP contribution in [-0.4, -0.2) is 47.8 Å². The second kappa shape index (κ2) is 4.42. The number of allylic oxidation sites excluding steroid dienone is 1. The summed E-state index contributed by atoms with van der Waals surface area (Å²) in [7, 11) is 0. The van der Waals surface area contributed by atoms with Crippen LogP contribution in [0.5, 0.6) is 0 Å². The molecule has 1 N–H and O–H groups in total. The fourth-order valence-corrected chi connectivity index (χ4v) is 9.80. The normalized spacial score (nSPS) is 65.2. The first-order chi connectivity index (χ1) is 12.5. The zero-order chi connectivity index (χ0) is 17.5. The summed E-state index contributed by atoms with van der Waals surface area (Å²) < 4.78 is 13.2. The van der Waals surface area contributed by atoms with Crippen LogP contribution < -0.4 is 0 Å². The van der Waals surface area contributed by atoms with Gasteiger partial charge < -0.3 is 14.6 Å². The summed E-state index contributed by atoms with van der Waals surface area (Å²) in [6, 6.07) is 0. The topological polar surface area (TPSA) is 41.9 Å². The predicted molar refractivity (Wildman–Crippen MR) is 96.0 cm³/mol. The Morgan fingerprint density at radius 3 is 2.96 bits per heavy atom. The van der Waals surface area contributed by atoms with Gasteiger partial charge in [0.25, 0.3) is 0 Å². The zero-order valence-corrected chi connectivity index (χ0v) is 15.8. The largest absolute Gasteiger partial charge is 0.390 e. The van der Waals surface area contributed by atoms with Gasteiger partial charge in [-0.05, 0) is 50.4 Å². The lowest BCUT2D eigenvalue weighted by molar-refractivity contribution is -0.438. The molecule has 9 aliphatic rings. The molecule has 0 aromatic rings. The maximum atomic E-state index is 11.7. The molecule has 142 valence electrons. The Bertz CT molecular complexity index is 710. The Balaban J connectivity index is 1.47. The van der Waals surface area contributed by atoms with E-state index < -0.39 is 0 Å². The van der Waals surface area contributed by atoms with E-state index in [1.54, 1.807) is 0 Å². The standard InChI is InChI=1S/C22H31NO3/c1-12-11-21-7-4-13(12)10-14(21)22-6-3-5-20(2)16(22)15(24)17(21)26-19(22)23-8-9-25-18(20)23/h13-19,24H,1,3-11H2,2H3/t13-,14+,15-,16+,17+,18+,19+,20+,21+,22+/m0/s1. The molecule has 9 fully saturated rings.